The van der Waals surface area contributed by atoms with E-state index in [1.165, 1.54) is 0 Å². The number of hydrogen-bond acceptors (Lipinski definition) is 3. The lowest BCUT2D eigenvalue weighted by Gasteiger charge is -2.37. The fourth-order valence-corrected chi connectivity index (χ4v) is 3.94. The molecular weight excluding hydrogens is 326 g/mol. The van der Waals surface area contributed by atoms with Gasteiger partial charge in [-0.2, -0.15) is 0 Å². The van der Waals surface area contributed by atoms with E-state index in [9.17, 15) is 4.79 Å². The van der Waals surface area contributed by atoms with E-state index in [1.807, 2.05) is 36.4 Å². The highest BCUT2D eigenvalue weighted by molar-refractivity contribution is 6.06. The van der Waals surface area contributed by atoms with Crippen molar-refractivity contribution in [2.24, 2.45) is 5.92 Å². The van der Waals surface area contributed by atoms with E-state index >= 15 is 0 Å². The quantitative estimate of drug-likeness (QED) is 0.778. The zero-order valence-corrected chi connectivity index (χ0v) is 16.0. The average molecular weight is 355 g/mol. The van der Waals surface area contributed by atoms with Gasteiger partial charge in [0.2, 0.25) is 0 Å². The highest BCUT2D eigenvalue weighted by atomic mass is 16.5. The molecule has 2 aromatic carbocycles. The maximum Gasteiger partial charge on any atom is 0.256 e. The summed E-state index contributed by atoms with van der Waals surface area (Å²) in [6.07, 6.45) is 4.68. The minimum atomic E-state index is -0.726. The molecule has 0 unspecified atom stereocenters. The van der Waals surface area contributed by atoms with Crippen LogP contribution in [0.4, 0.5) is 5.69 Å². The number of fused-ring (bicyclic) bond motifs is 1. The van der Waals surface area contributed by atoms with Crippen molar-refractivity contribution in [3.8, 4) is 5.75 Å². The molecule has 0 aromatic heterocycles. The largest absolute Gasteiger partial charge is 0.493 e. The Morgan fingerprint density at radius 1 is 1.23 bits per heavy atom. The third-order valence-electron chi connectivity index (χ3n) is 5.35. The van der Waals surface area contributed by atoms with Crippen molar-refractivity contribution in [3.05, 3.63) is 36.4 Å². The first-order valence-electron chi connectivity index (χ1n) is 9.61. The molecule has 140 valence electrons. The summed E-state index contributed by atoms with van der Waals surface area (Å²) >= 11 is 0. The summed E-state index contributed by atoms with van der Waals surface area (Å²) in [7, 11) is 1.65. The number of methoxy groups -OCH3 is 1. The lowest BCUT2D eigenvalue weighted by atomic mass is 9.78. The third-order valence-corrected chi connectivity index (χ3v) is 5.35. The zero-order chi connectivity index (χ0) is 18.6. The lowest BCUT2D eigenvalue weighted by Crippen LogP contribution is -2.47. The topological polar surface area (TPSA) is 47.6 Å². The summed E-state index contributed by atoms with van der Waals surface area (Å²) in [6.45, 7) is 4.96. The van der Waals surface area contributed by atoms with Crippen LogP contribution in [-0.4, -0.2) is 25.2 Å². The van der Waals surface area contributed by atoms with E-state index in [-0.39, 0.29) is 5.91 Å². The van der Waals surface area contributed by atoms with Gasteiger partial charge in [-0.05, 0) is 43.7 Å². The maximum atomic E-state index is 13.1. The van der Waals surface area contributed by atoms with Crippen LogP contribution in [0.15, 0.2) is 36.4 Å². The van der Waals surface area contributed by atoms with Crippen LogP contribution in [0.2, 0.25) is 0 Å². The molecule has 0 bridgehead atoms. The van der Waals surface area contributed by atoms with Gasteiger partial charge in [-0.3, -0.25) is 4.79 Å². The van der Waals surface area contributed by atoms with Gasteiger partial charge in [0.1, 0.15) is 11.4 Å². The first-order chi connectivity index (χ1) is 12.6. The van der Waals surface area contributed by atoms with Gasteiger partial charge in [0.05, 0.1) is 6.61 Å². The molecule has 26 heavy (non-hydrogen) atoms. The van der Waals surface area contributed by atoms with Gasteiger partial charge in [-0.25, -0.2) is 0 Å². The molecule has 1 amide bonds. The van der Waals surface area contributed by atoms with Crippen molar-refractivity contribution < 1.29 is 14.3 Å². The molecule has 0 radical (unpaired) electrons. The van der Waals surface area contributed by atoms with Gasteiger partial charge < -0.3 is 14.8 Å². The van der Waals surface area contributed by atoms with Gasteiger partial charge in [0.25, 0.3) is 5.91 Å². The fourth-order valence-electron chi connectivity index (χ4n) is 3.94. The molecule has 0 saturated heterocycles. The molecule has 0 aliphatic heterocycles. The lowest BCUT2D eigenvalue weighted by molar-refractivity contribution is -0.143. The molecule has 3 rings (SSSR count). The standard InChI is InChI=1S/C22H29NO3/c1-4-14-26-20-12-11-19(17-9-5-6-10-18(17)20)23-21(24)22(25-3)13-7-8-16(2)15-22/h5-6,9-12,16H,4,7-8,13-15H2,1-3H3,(H,23,24)/t16-,22-/m1/s1. The van der Waals surface area contributed by atoms with Crippen molar-refractivity contribution in [2.45, 2.75) is 51.6 Å². The smallest absolute Gasteiger partial charge is 0.256 e. The molecule has 2 aromatic rings. The Kier molecular flexibility index (Phi) is 5.82. The Hall–Kier alpha value is -2.07. The van der Waals surface area contributed by atoms with Crippen molar-refractivity contribution in [3.63, 3.8) is 0 Å². The Labute approximate surface area is 155 Å². The van der Waals surface area contributed by atoms with Crippen molar-refractivity contribution in [1.29, 1.82) is 0 Å². The third kappa shape index (κ3) is 3.70. The number of anilines is 1. The molecular formula is C22H29NO3. The Balaban J connectivity index is 1.90. The highest BCUT2D eigenvalue weighted by Gasteiger charge is 2.42. The van der Waals surface area contributed by atoms with E-state index in [2.05, 4.69) is 19.2 Å². The number of ether oxygens (including phenoxy) is 2. The van der Waals surface area contributed by atoms with Crippen LogP contribution in [0.5, 0.6) is 5.75 Å². The van der Waals surface area contributed by atoms with E-state index < -0.39 is 5.60 Å². The number of benzene rings is 2. The predicted octanol–water partition coefficient (Wildman–Crippen LogP) is 5.16. The van der Waals surface area contributed by atoms with Crippen molar-refractivity contribution >= 4 is 22.4 Å². The van der Waals surface area contributed by atoms with Crippen LogP contribution in [0.1, 0.15) is 46.0 Å². The van der Waals surface area contributed by atoms with Crippen LogP contribution < -0.4 is 10.1 Å². The molecule has 0 spiro atoms. The fraction of sp³-hybridized carbons (Fsp3) is 0.500. The van der Waals surface area contributed by atoms with E-state index in [0.717, 1.165) is 54.3 Å². The van der Waals surface area contributed by atoms with Gasteiger partial charge in [-0.1, -0.05) is 44.5 Å². The van der Waals surface area contributed by atoms with Crippen LogP contribution >= 0.6 is 0 Å². The van der Waals surface area contributed by atoms with Gasteiger partial charge >= 0.3 is 0 Å². The SMILES string of the molecule is CCCOc1ccc(NC(=O)[C@@]2(OC)CCC[C@@H](C)C2)c2ccccc12. The molecule has 1 N–H and O–H groups in total. The van der Waals surface area contributed by atoms with Gasteiger partial charge in [-0.15, -0.1) is 0 Å². The van der Waals surface area contributed by atoms with E-state index in [4.69, 9.17) is 9.47 Å². The summed E-state index contributed by atoms with van der Waals surface area (Å²) in [4.78, 5) is 13.1. The number of carbonyl (C=O) groups is 1. The molecule has 1 fully saturated rings. The zero-order valence-electron chi connectivity index (χ0n) is 16.0. The molecule has 1 aliphatic rings. The summed E-state index contributed by atoms with van der Waals surface area (Å²) in [6, 6.07) is 11.9. The second-order valence-corrected chi connectivity index (χ2v) is 7.36. The number of rotatable bonds is 6. The average Bonchev–Trinajstić information content (AvgIpc) is 2.67. The van der Waals surface area contributed by atoms with Crippen LogP contribution in [0.25, 0.3) is 10.8 Å². The second-order valence-electron chi connectivity index (χ2n) is 7.36. The number of amides is 1. The van der Waals surface area contributed by atoms with E-state index in [1.54, 1.807) is 7.11 Å². The Morgan fingerprint density at radius 3 is 2.69 bits per heavy atom. The number of nitrogens with one attached hydrogen (secondary N) is 1. The Morgan fingerprint density at radius 2 is 2.00 bits per heavy atom. The first-order valence-corrected chi connectivity index (χ1v) is 9.61. The first kappa shape index (κ1) is 18.7. The van der Waals surface area contributed by atoms with Gasteiger partial charge in [0, 0.05) is 23.6 Å². The highest BCUT2D eigenvalue weighted by Crippen LogP contribution is 2.37. The predicted molar refractivity (Wildman–Crippen MR) is 106 cm³/mol. The summed E-state index contributed by atoms with van der Waals surface area (Å²) < 4.78 is 11.6. The Bertz CT molecular complexity index is 773. The monoisotopic (exact) mass is 355 g/mol. The van der Waals surface area contributed by atoms with Crippen LogP contribution in [0, 0.1) is 5.92 Å². The number of hydrogen-bond donors (Lipinski definition) is 1. The summed E-state index contributed by atoms with van der Waals surface area (Å²) in [5, 5.41) is 5.14. The molecule has 1 saturated carbocycles. The molecule has 0 heterocycles. The minimum absolute atomic E-state index is 0.0427. The molecule has 4 nitrogen and oxygen atoms in total. The van der Waals surface area contributed by atoms with Crippen LogP contribution in [-0.2, 0) is 9.53 Å². The molecule has 1 aliphatic carbocycles. The summed E-state index contributed by atoms with van der Waals surface area (Å²) in [5.41, 5.74) is 0.0833. The van der Waals surface area contributed by atoms with Crippen LogP contribution in [0.3, 0.4) is 0 Å². The van der Waals surface area contributed by atoms with E-state index in [0.29, 0.717) is 12.5 Å². The minimum Gasteiger partial charge on any atom is -0.493 e. The summed E-state index contributed by atoms with van der Waals surface area (Å²) in [5.74, 6) is 1.31. The maximum absolute atomic E-state index is 13.1. The molecule has 2 atom stereocenters. The van der Waals surface area contributed by atoms with Crippen molar-refractivity contribution in [2.75, 3.05) is 19.0 Å². The van der Waals surface area contributed by atoms with Crippen molar-refractivity contribution in [1.82, 2.24) is 0 Å². The normalized spacial score (nSPS) is 23.0. The molecule has 4 heteroatoms. The van der Waals surface area contributed by atoms with Gasteiger partial charge in [0.15, 0.2) is 0 Å². The number of carbonyl (C=O) groups excluding carboxylic acids is 1. The second kappa shape index (κ2) is 8.09.